The van der Waals surface area contributed by atoms with Gasteiger partial charge in [0.1, 0.15) is 0 Å². The smallest absolute Gasteiger partial charge is 0.261 e. The average molecular weight is 367 g/mol. The molecule has 1 rings (SSSR count). The molecule has 0 saturated carbocycles. The van der Waals surface area contributed by atoms with Gasteiger partial charge in [0.05, 0.1) is 4.90 Å². The number of rotatable bonds is 5. The molecule has 1 N–H and O–H groups in total. The van der Waals surface area contributed by atoms with Crippen molar-refractivity contribution in [1.82, 2.24) is 5.32 Å². The molecule has 0 radical (unpaired) electrons. The SMILES string of the molecule is C=CCC(C)NC(=O)c1cc(Br)cc(S(=O)(=O)Cl)c1. The highest BCUT2D eigenvalue weighted by Gasteiger charge is 2.16. The van der Waals surface area contributed by atoms with Gasteiger partial charge in [-0.15, -0.1) is 6.58 Å². The fraction of sp³-hybridized carbons (Fsp3) is 0.250. The molecule has 1 atom stereocenters. The van der Waals surface area contributed by atoms with Gasteiger partial charge in [-0.05, 0) is 31.5 Å². The van der Waals surface area contributed by atoms with Gasteiger partial charge >= 0.3 is 0 Å². The van der Waals surface area contributed by atoms with Crippen LogP contribution in [0.3, 0.4) is 0 Å². The van der Waals surface area contributed by atoms with Crippen molar-refractivity contribution in [1.29, 1.82) is 0 Å². The highest BCUT2D eigenvalue weighted by molar-refractivity contribution is 9.10. The lowest BCUT2D eigenvalue weighted by atomic mass is 10.2. The zero-order valence-corrected chi connectivity index (χ0v) is 13.3. The van der Waals surface area contributed by atoms with E-state index >= 15 is 0 Å². The van der Waals surface area contributed by atoms with Gasteiger partial charge in [0.15, 0.2) is 0 Å². The molecule has 0 fully saturated rings. The van der Waals surface area contributed by atoms with Gasteiger partial charge < -0.3 is 5.32 Å². The van der Waals surface area contributed by atoms with E-state index in [0.717, 1.165) is 0 Å². The molecule has 1 amide bonds. The molecule has 4 nitrogen and oxygen atoms in total. The first kappa shape index (κ1) is 16.2. The maximum atomic E-state index is 12.0. The van der Waals surface area contributed by atoms with Gasteiger partial charge in [-0.2, -0.15) is 0 Å². The van der Waals surface area contributed by atoms with Crippen molar-refractivity contribution in [2.45, 2.75) is 24.3 Å². The van der Waals surface area contributed by atoms with Crippen molar-refractivity contribution in [2.75, 3.05) is 0 Å². The molecular formula is C12H13BrClNO3S. The van der Waals surface area contributed by atoms with Crippen molar-refractivity contribution >= 4 is 41.6 Å². The highest BCUT2D eigenvalue weighted by Crippen LogP contribution is 2.22. The zero-order chi connectivity index (χ0) is 14.6. The van der Waals surface area contributed by atoms with Crippen LogP contribution in [0.1, 0.15) is 23.7 Å². The van der Waals surface area contributed by atoms with Crippen LogP contribution in [0.5, 0.6) is 0 Å². The summed E-state index contributed by atoms with van der Waals surface area (Å²) in [6.45, 7) is 5.42. The largest absolute Gasteiger partial charge is 0.349 e. The molecule has 0 bridgehead atoms. The summed E-state index contributed by atoms with van der Waals surface area (Å²) >= 11 is 3.15. The number of carbonyl (C=O) groups is 1. The Morgan fingerprint density at radius 1 is 1.53 bits per heavy atom. The number of halogens is 2. The standard InChI is InChI=1S/C12H13BrClNO3S/c1-3-4-8(2)15-12(16)9-5-10(13)7-11(6-9)19(14,17)18/h3,5-8H,1,4H2,2H3,(H,15,16). The van der Waals surface area contributed by atoms with Crippen molar-refractivity contribution in [3.63, 3.8) is 0 Å². The number of benzene rings is 1. The molecule has 1 unspecified atom stereocenters. The summed E-state index contributed by atoms with van der Waals surface area (Å²) in [7, 11) is 1.40. The normalized spacial score (nSPS) is 12.8. The molecule has 7 heteroatoms. The Labute approximate surface area is 125 Å². The predicted molar refractivity (Wildman–Crippen MR) is 78.9 cm³/mol. The van der Waals surface area contributed by atoms with Gasteiger partial charge in [0, 0.05) is 26.8 Å². The molecule has 1 aromatic carbocycles. The van der Waals surface area contributed by atoms with Gasteiger partial charge in [0.2, 0.25) is 0 Å². The summed E-state index contributed by atoms with van der Waals surface area (Å²) in [5, 5.41) is 2.73. The van der Waals surface area contributed by atoms with E-state index in [1.807, 2.05) is 6.92 Å². The van der Waals surface area contributed by atoms with Crippen molar-refractivity contribution in [3.8, 4) is 0 Å². The van der Waals surface area contributed by atoms with Crippen molar-refractivity contribution in [2.24, 2.45) is 0 Å². The molecule has 0 aliphatic heterocycles. The summed E-state index contributed by atoms with van der Waals surface area (Å²) < 4.78 is 23.0. The van der Waals surface area contributed by atoms with Crippen LogP contribution in [-0.4, -0.2) is 20.4 Å². The van der Waals surface area contributed by atoms with E-state index in [2.05, 4.69) is 27.8 Å². The van der Waals surface area contributed by atoms with E-state index < -0.39 is 9.05 Å². The third-order valence-electron chi connectivity index (χ3n) is 2.31. The maximum Gasteiger partial charge on any atom is 0.261 e. The molecule has 0 aliphatic carbocycles. The summed E-state index contributed by atoms with van der Waals surface area (Å²) in [4.78, 5) is 11.8. The van der Waals surface area contributed by atoms with Crippen LogP contribution in [0.2, 0.25) is 0 Å². The van der Waals surface area contributed by atoms with E-state index in [-0.39, 0.29) is 22.4 Å². The van der Waals surface area contributed by atoms with Crippen LogP contribution in [0.25, 0.3) is 0 Å². The molecule has 0 heterocycles. The number of carbonyl (C=O) groups excluding carboxylic acids is 1. The van der Waals surface area contributed by atoms with Crippen LogP contribution in [0, 0.1) is 0 Å². The second-order valence-electron chi connectivity index (χ2n) is 4.01. The molecule has 19 heavy (non-hydrogen) atoms. The summed E-state index contributed by atoms with van der Waals surface area (Å²) in [6.07, 6.45) is 2.32. The Bertz CT molecular complexity index is 601. The van der Waals surface area contributed by atoms with E-state index in [9.17, 15) is 13.2 Å². The number of hydrogen-bond acceptors (Lipinski definition) is 3. The minimum absolute atomic E-state index is 0.0833. The Morgan fingerprint density at radius 3 is 2.68 bits per heavy atom. The first-order valence-corrected chi connectivity index (χ1v) is 8.51. The molecule has 0 spiro atoms. The summed E-state index contributed by atoms with van der Waals surface area (Å²) in [6, 6.07) is 4.02. The zero-order valence-electron chi connectivity index (χ0n) is 10.2. The lowest BCUT2D eigenvalue weighted by Crippen LogP contribution is -2.32. The molecule has 0 saturated heterocycles. The monoisotopic (exact) mass is 365 g/mol. The van der Waals surface area contributed by atoms with E-state index in [1.54, 1.807) is 6.08 Å². The van der Waals surface area contributed by atoms with E-state index in [1.165, 1.54) is 18.2 Å². The Balaban J connectivity index is 3.04. The average Bonchev–Trinajstić information content (AvgIpc) is 2.27. The topological polar surface area (TPSA) is 63.2 Å². The van der Waals surface area contributed by atoms with E-state index in [0.29, 0.717) is 10.9 Å². The van der Waals surface area contributed by atoms with Crippen LogP contribution >= 0.6 is 26.6 Å². The van der Waals surface area contributed by atoms with Gasteiger partial charge in [-0.3, -0.25) is 4.79 Å². The quantitative estimate of drug-likeness (QED) is 0.643. The number of hydrogen-bond donors (Lipinski definition) is 1. The van der Waals surface area contributed by atoms with Crippen molar-refractivity contribution in [3.05, 3.63) is 40.9 Å². The first-order valence-electron chi connectivity index (χ1n) is 5.41. The molecule has 104 valence electrons. The number of nitrogens with one attached hydrogen (secondary N) is 1. The minimum Gasteiger partial charge on any atom is -0.349 e. The van der Waals surface area contributed by atoms with Crippen LogP contribution in [0.15, 0.2) is 40.2 Å². The van der Waals surface area contributed by atoms with Crippen LogP contribution in [-0.2, 0) is 9.05 Å². The lowest BCUT2D eigenvalue weighted by Gasteiger charge is -2.12. The lowest BCUT2D eigenvalue weighted by molar-refractivity contribution is 0.0940. The summed E-state index contributed by atoms with van der Waals surface area (Å²) in [5.74, 6) is -0.364. The van der Waals surface area contributed by atoms with Gasteiger partial charge in [-0.25, -0.2) is 8.42 Å². The summed E-state index contributed by atoms with van der Waals surface area (Å²) in [5.41, 5.74) is 0.226. The van der Waals surface area contributed by atoms with Crippen LogP contribution in [0.4, 0.5) is 0 Å². The fourth-order valence-electron chi connectivity index (χ4n) is 1.45. The molecule has 0 aliphatic rings. The fourth-order valence-corrected chi connectivity index (χ4v) is 2.90. The third kappa shape index (κ3) is 4.97. The Kier molecular flexibility index (Phi) is 5.58. The van der Waals surface area contributed by atoms with Gasteiger partial charge in [0.25, 0.3) is 15.0 Å². The molecular weight excluding hydrogens is 354 g/mol. The molecule has 1 aromatic rings. The highest BCUT2D eigenvalue weighted by atomic mass is 79.9. The van der Waals surface area contributed by atoms with Crippen molar-refractivity contribution < 1.29 is 13.2 Å². The third-order valence-corrected chi connectivity index (χ3v) is 4.10. The second kappa shape index (κ2) is 6.54. The molecule has 0 aromatic heterocycles. The van der Waals surface area contributed by atoms with Gasteiger partial charge in [-0.1, -0.05) is 22.0 Å². The van der Waals surface area contributed by atoms with E-state index in [4.69, 9.17) is 10.7 Å². The Morgan fingerprint density at radius 2 is 2.16 bits per heavy atom. The maximum absolute atomic E-state index is 12.0. The number of amides is 1. The Hall–Kier alpha value is -0.850. The minimum atomic E-state index is -3.87. The second-order valence-corrected chi connectivity index (χ2v) is 7.49. The predicted octanol–water partition coefficient (Wildman–Crippen LogP) is 3.07. The first-order chi connectivity index (χ1) is 8.74. The van der Waals surface area contributed by atoms with Crippen LogP contribution < -0.4 is 5.32 Å².